The van der Waals surface area contributed by atoms with Gasteiger partial charge in [-0.1, -0.05) is 6.07 Å². The smallest absolute Gasteiger partial charge is 0.182 e. The first-order valence-corrected chi connectivity index (χ1v) is 5.70. The highest BCUT2D eigenvalue weighted by Gasteiger charge is 2.25. The van der Waals surface area contributed by atoms with Crippen LogP contribution in [0.2, 0.25) is 0 Å². The molecule has 94 valence electrons. The van der Waals surface area contributed by atoms with Crippen LogP contribution < -0.4 is 10.6 Å². The Kier molecular flexibility index (Phi) is 3.59. The number of nitrogens with zero attached hydrogens (tertiary/aromatic N) is 1. The number of nitrogens with two attached hydrogens (primary N) is 1. The molecule has 0 spiro atoms. The van der Waals surface area contributed by atoms with Crippen molar-refractivity contribution in [3.63, 3.8) is 0 Å². The number of rotatable bonds is 3. The summed E-state index contributed by atoms with van der Waals surface area (Å²) in [6, 6.07) is 3.07. The SMILES string of the molecule is NCc1ccc(N2CCC(CO)C2)c(F)c1F. The Morgan fingerprint density at radius 1 is 1.35 bits per heavy atom. The largest absolute Gasteiger partial charge is 0.396 e. The van der Waals surface area contributed by atoms with Gasteiger partial charge in [0.25, 0.3) is 0 Å². The van der Waals surface area contributed by atoms with Crippen LogP contribution in [0.25, 0.3) is 0 Å². The topological polar surface area (TPSA) is 49.5 Å². The maximum Gasteiger partial charge on any atom is 0.182 e. The number of benzene rings is 1. The Morgan fingerprint density at radius 2 is 2.12 bits per heavy atom. The first-order valence-electron chi connectivity index (χ1n) is 5.70. The number of aliphatic hydroxyl groups is 1. The Morgan fingerprint density at radius 3 is 2.71 bits per heavy atom. The molecule has 1 unspecified atom stereocenters. The summed E-state index contributed by atoms with van der Waals surface area (Å²) in [6.07, 6.45) is 0.802. The van der Waals surface area contributed by atoms with Gasteiger partial charge < -0.3 is 15.7 Å². The van der Waals surface area contributed by atoms with Gasteiger partial charge in [-0.3, -0.25) is 0 Å². The highest BCUT2D eigenvalue weighted by atomic mass is 19.2. The Bertz CT molecular complexity index is 412. The second-order valence-electron chi connectivity index (χ2n) is 4.36. The Hall–Kier alpha value is -1.20. The Balaban J connectivity index is 2.25. The molecule has 3 N–H and O–H groups in total. The quantitative estimate of drug-likeness (QED) is 0.838. The average Bonchev–Trinajstić information content (AvgIpc) is 2.81. The Labute approximate surface area is 98.8 Å². The molecular weight excluding hydrogens is 226 g/mol. The number of hydrogen-bond acceptors (Lipinski definition) is 3. The number of hydrogen-bond donors (Lipinski definition) is 2. The lowest BCUT2D eigenvalue weighted by atomic mass is 10.1. The monoisotopic (exact) mass is 242 g/mol. The van der Waals surface area contributed by atoms with Crippen LogP contribution in [0, 0.1) is 17.6 Å². The van der Waals surface area contributed by atoms with Crippen LogP contribution in [0.5, 0.6) is 0 Å². The van der Waals surface area contributed by atoms with Crippen LogP contribution in [0.1, 0.15) is 12.0 Å². The average molecular weight is 242 g/mol. The van der Waals surface area contributed by atoms with Crippen molar-refractivity contribution in [1.29, 1.82) is 0 Å². The van der Waals surface area contributed by atoms with E-state index in [4.69, 9.17) is 10.8 Å². The summed E-state index contributed by atoms with van der Waals surface area (Å²) >= 11 is 0. The third-order valence-corrected chi connectivity index (χ3v) is 3.25. The number of anilines is 1. The number of aliphatic hydroxyl groups excluding tert-OH is 1. The van der Waals surface area contributed by atoms with Crippen LogP contribution in [0.15, 0.2) is 12.1 Å². The molecule has 0 radical (unpaired) electrons. The summed E-state index contributed by atoms with van der Waals surface area (Å²) in [5.41, 5.74) is 5.76. The molecular formula is C12H16F2N2O. The molecule has 0 aliphatic carbocycles. The molecule has 17 heavy (non-hydrogen) atoms. The maximum atomic E-state index is 13.8. The van der Waals surface area contributed by atoms with E-state index in [2.05, 4.69) is 0 Å². The number of halogens is 2. The lowest BCUT2D eigenvalue weighted by Crippen LogP contribution is -2.22. The van der Waals surface area contributed by atoms with E-state index in [1.54, 1.807) is 11.0 Å². The van der Waals surface area contributed by atoms with Crippen LogP contribution in [-0.2, 0) is 6.54 Å². The highest BCUT2D eigenvalue weighted by molar-refractivity contribution is 5.50. The fraction of sp³-hybridized carbons (Fsp3) is 0.500. The van der Waals surface area contributed by atoms with Gasteiger partial charge in [-0.15, -0.1) is 0 Å². The molecule has 1 saturated heterocycles. The van der Waals surface area contributed by atoms with Crippen molar-refractivity contribution in [1.82, 2.24) is 0 Å². The third-order valence-electron chi connectivity index (χ3n) is 3.25. The van der Waals surface area contributed by atoms with Crippen molar-refractivity contribution in [3.8, 4) is 0 Å². The zero-order chi connectivity index (χ0) is 12.4. The van der Waals surface area contributed by atoms with Gasteiger partial charge >= 0.3 is 0 Å². The minimum atomic E-state index is -0.863. The molecule has 3 nitrogen and oxygen atoms in total. The van der Waals surface area contributed by atoms with E-state index < -0.39 is 11.6 Å². The summed E-state index contributed by atoms with van der Waals surface area (Å²) in [5, 5.41) is 9.03. The van der Waals surface area contributed by atoms with Crippen LogP contribution >= 0.6 is 0 Å². The molecule has 1 aromatic rings. The van der Waals surface area contributed by atoms with Gasteiger partial charge in [0.05, 0.1) is 5.69 Å². The molecule has 1 aliphatic heterocycles. The molecule has 0 aromatic heterocycles. The van der Waals surface area contributed by atoms with Gasteiger partial charge in [-0.05, 0) is 12.5 Å². The van der Waals surface area contributed by atoms with Gasteiger partial charge in [-0.2, -0.15) is 0 Å². The zero-order valence-electron chi connectivity index (χ0n) is 9.50. The molecule has 1 heterocycles. The first kappa shape index (κ1) is 12.3. The standard InChI is InChI=1S/C12H16F2N2O/c13-11-9(5-15)1-2-10(12(11)14)16-4-3-8(6-16)7-17/h1-2,8,17H,3-7,15H2. The molecule has 5 heteroatoms. The summed E-state index contributed by atoms with van der Waals surface area (Å²) in [6.45, 7) is 1.28. The molecule has 1 aromatic carbocycles. The predicted octanol–water partition coefficient (Wildman–Crippen LogP) is 1.24. The van der Waals surface area contributed by atoms with Gasteiger partial charge in [0.15, 0.2) is 11.6 Å². The van der Waals surface area contributed by atoms with Gasteiger partial charge in [0.1, 0.15) is 0 Å². The van der Waals surface area contributed by atoms with E-state index in [9.17, 15) is 8.78 Å². The van der Waals surface area contributed by atoms with E-state index in [-0.39, 0.29) is 30.3 Å². The molecule has 1 atom stereocenters. The lowest BCUT2D eigenvalue weighted by Gasteiger charge is -2.20. The molecule has 0 amide bonds. The minimum Gasteiger partial charge on any atom is -0.396 e. The predicted molar refractivity (Wildman–Crippen MR) is 61.7 cm³/mol. The van der Waals surface area contributed by atoms with Gasteiger partial charge in [0, 0.05) is 37.7 Å². The van der Waals surface area contributed by atoms with E-state index in [0.29, 0.717) is 13.1 Å². The highest BCUT2D eigenvalue weighted by Crippen LogP contribution is 2.28. The van der Waals surface area contributed by atoms with E-state index in [1.165, 1.54) is 6.07 Å². The third kappa shape index (κ3) is 2.25. The van der Waals surface area contributed by atoms with Crippen molar-refractivity contribution < 1.29 is 13.9 Å². The van der Waals surface area contributed by atoms with E-state index in [0.717, 1.165) is 6.42 Å². The molecule has 0 bridgehead atoms. The van der Waals surface area contributed by atoms with Crippen molar-refractivity contribution in [2.45, 2.75) is 13.0 Å². The molecule has 2 rings (SSSR count). The van der Waals surface area contributed by atoms with Crippen LogP contribution in [-0.4, -0.2) is 24.8 Å². The fourth-order valence-electron chi connectivity index (χ4n) is 2.18. The van der Waals surface area contributed by atoms with Gasteiger partial charge in [0.2, 0.25) is 0 Å². The molecule has 1 aliphatic rings. The van der Waals surface area contributed by atoms with Gasteiger partial charge in [-0.25, -0.2) is 8.78 Å². The minimum absolute atomic E-state index is 0.0116. The van der Waals surface area contributed by atoms with E-state index in [1.807, 2.05) is 0 Å². The van der Waals surface area contributed by atoms with Crippen LogP contribution in [0.3, 0.4) is 0 Å². The van der Waals surface area contributed by atoms with Crippen molar-refractivity contribution >= 4 is 5.69 Å². The maximum absolute atomic E-state index is 13.8. The van der Waals surface area contributed by atoms with Crippen molar-refractivity contribution in [2.24, 2.45) is 11.7 Å². The normalized spacial score (nSPS) is 20.0. The fourth-order valence-corrected chi connectivity index (χ4v) is 2.18. The molecule has 0 saturated carbocycles. The zero-order valence-corrected chi connectivity index (χ0v) is 9.50. The summed E-state index contributed by atoms with van der Waals surface area (Å²) in [5.74, 6) is -1.56. The lowest BCUT2D eigenvalue weighted by molar-refractivity contribution is 0.238. The molecule has 1 fully saturated rings. The van der Waals surface area contributed by atoms with E-state index >= 15 is 0 Å². The van der Waals surface area contributed by atoms with Crippen LogP contribution in [0.4, 0.5) is 14.5 Å². The summed E-state index contributed by atoms with van der Waals surface area (Å²) in [4.78, 5) is 1.76. The summed E-state index contributed by atoms with van der Waals surface area (Å²) in [7, 11) is 0. The second-order valence-corrected chi connectivity index (χ2v) is 4.36. The van der Waals surface area contributed by atoms with Crippen molar-refractivity contribution in [3.05, 3.63) is 29.3 Å². The summed E-state index contributed by atoms with van der Waals surface area (Å²) < 4.78 is 27.4. The second kappa shape index (κ2) is 4.98. The first-order chi connectivity index (χ1) is 8.17. The van der Waals surface area contributed by atoms with Crippen molar-refractivity contribution in [2.75, 3.05) is 24.6 Å².